The van der Waals surface area contributed by atoms with Crippen LogP contribution in [0.5, 0.6) is 11.5 Å². The van der Waals surface area contributed by atoms with Crippen molar-refractivity contribution in [2.24, 2.45) is 0 Å². The van der Waals surface area contributed by atoms with Gasteiger partial charge in [0.05, 0.1) is 0 Å². The largest absolute Gasteiger partial charge is 0.419 e. The molecule has 0 unspecified atom stereocenters. The number of amides is 2. The van der Waals surface area contributed by atoms with Gasteiger partial charge in [-0.1, -0.05) is 99.8 Å². The molecule has 0 saturated carbocycles. The molecule has 0 bridgehead atoms. The molecule has 8 nitrogen and oxygen atoms in total. The minimum absolute atomic E-state index is 0.432. The molecule has 6 aromatic carbocycles. The van der Waals surface area contributed by atoms with Gasteiger partial charge >= 0.3 is 12.2 Å². The molecule has 2 amide bonds. The Morgan fingerprint density at radius 1 is 0.585 bits per heavy atom. The molecule has 0 aliphatic heterocycles. The van der Waals surface area contributed by atoms with E-state index < -0.39 is 12.2 Å². The molecule has 6 rings (SSSR count). The fourth-order valence-electron chi connectivity index (χ4n) is 4.41. The fourth-order valence-corrected chi connectivity index (χ4v) is 5.03. The van der Waals surface area contributed by atoms with Crippen LogP contribution >= 0.6 is 39.1 Å². The Morgan fingerprint density at radius 2 is 0.981 bits per heavy atom. The second-order valence-electron chi connectivity index (χ2n) is 11.4. The van der Waals surface area contributed by atoms with Gasteiger partial charge < -0.3 is 20.5 Å². The first-order chi connectivity index (χ1) is 25.6. The number of nitrogens with two attached hydrogens (primary N) is 1. The average molecular weight is 815 g/mol. The summed E-state index contributed by atoms with van der Waals surface area (Å²) in [7, 11) is 3.33. The van der Waals surface area contributed by atoms with Crippen LogP contribution in [0.1, 0.15) is 11.1 Å². The Balaban J connectivity index is 0.000000200. The maximum Gasteiger partial charge on any atom is 0.419 e. The quantitative estimate of drug-likeness (QED) is 0.117. The Morgan fingerprint density at radius 3 is 1.40 bits per heavy atom. The number of benzene rings is 6. The van der Waals surface area contributed by atoms with E-state index in [-0.39, 0.29) is 0 Å². The Kier molecular flexibility index (Phi) is 16.1. The van der Waals surface area contributed by atoms with E-state index >= 15 is 0 Å². The van der Waals surface area contributed by atoms with Gasteiger partial charge in [-0.05, 0) is 108 Å². The zero-order valence-electron chi connectivity index (χ0n) is 29.2. The predicted octanol–water partition coefficient (Wildman–Crippen LogP) is 11.7. The highest BCUT2D eigenvalue weighted by atomic mass is 79.9. The first kappa shape index (κ1) is 40.3. The van der Waals surface area contributed by atoms with Gasteiger partial charge in [-0.3, -0.25) is 9.80 Å². The number of nitrogens with one attached hydrogen (secondary N) is 1. The van der Waals surface area contributed by atoms with Crippen molar-refractivity contribution in [2.75, 3.05) is 34.9 Å². The number of halogens is 3. The van der Waals surface area contributed by atoms with Crippen LogP contribution < -0.4 is 30.3 Å². The predicted molar refractivity (Wildman–Crippen MR) is 222 cm³/mol. The van der Waals surface area contributed by atoms with Crippen molar-refractivity contribution in [1.29, 1.82) is 0 Å². The standard InChI is InChI=1S/C21H19ClN2O2.C14H14N2O2.C7H6BrCl/c1-24(21(25)26-20-5-3-2-4-6-20)19-13-11-18(12-14-19)23-15-16-7-9-17(22)10-8-16;1-16(12-9-7-11(15)8-10-12)14(17)18-13-5-3-2-4-6-13;8-5-6-1-3-7(9)4-2-6/h2-14,23H,15H2,1H3;2-10H,15H2,1H3;1-4H,5H2. The highest BCUT2D eigenvalue weighted by Crippen LogP contribution is 2.21. The molecular formula is C42H39BrCl2N4O4. The van der Waals surface area contributed by atoms with E-state index in [0.717, 1.165) is 38.0 Å². The van der Waals surface area contributed by atoms with Crippen molar-refractivity contribution in [3.05, 3.63) is 179 Å². The van der Waals surface area contributed by atoms with Crippen molar-refractivity contribution < 1.29 is 19.1 Å². The Labute approximate surface area is 328 Å². The van der Waals surface area contributed by atoms with Gasteiger partial charge in [0.2, 0.25) is 0 Å². The topological polar surface area (TPSA) is 97.1 Å². The molecule has 272 valence electrons. The van der Waals surface area contributed by atoms with E-state index in [1.165, 1.54) is 15.4 Å². The van der Waals surface area contributed by atoms with Crippen molar-refractivity contribution in [3.8, 4) is 11.5 Å². The molecule has 3 N–H and O–H groups in total. The number of hydrogen-bond donors (Lipinski definition) is 2. The van der Waals surface area contributed by atoms with Gasteiger partial charge in [-0.25, -0.2) is 9.59 Å². The molecule has 53 heavy (non-hydrogen) atoms. The number of rotatable bonds is 8. The summed E-state index contributed by atoms with van der Waals surface area (Å²) in [6.07, 6.45) is -0.871. The van der Waals surface area contributed by atoms with Crippen LogP contribution in [0.4, 0.5) is 32.3 Å². The third-order valence-corrected chi connectivity index (χ3v) is 8.61. The summed E-state index contributed by atoms with van der Waals surface area (Å²) in [6, 6.07) is 48.0. The average Bonchev–Trinajstić information content (AvgIpc) is 3.19. The maximum absolute atomic E-state index is 12.2. The molecule has 0 fully saturated rings. The Bertz CT molecular complexity index is 1990. The van der Waals surface area contributed by atoms with Gasteiger partial charge in [-0.15, -0.1) is 0 Å². The molecule has 0 aliphatic rings. The van der Waals surface area contributed by atoms with Crippen molar-refractivity contribution in [2.45, 2.75) is 11.9 Å². The van der Waals surface area contributed by atoms with Gasteiger partial charge in [0, 0.05) is 58.8 Å². The molecule has 0 aliphatic carbocycles. The van der Waals surface area contributed by atoms with E-state index in [4.69, 9.17) is 38.4 Å². The van der Waals surface area contributed by atoms with Crippen molar-refractivity contribution in [3.63, 3.8) is 0 Å². The van der Waals surface area contributed by atoms with Gasteiger partial charge in [-0.2, -0.15) is 0 Å². The Hall–Kier alpha value is -5.48. The highest BCUT2D eigenvalue weighted by Gasteiger charge is 2.14. The molecule has 0 radical (unpaired) electrons. The van der Waals surface area contributed by atoms with Gasteiger partial charge in [0.25, 0.3) is 0 Å². The molecule has 0 atom stereocenters. The highest BCUT2D eigenvalue weighted by molar-refractivity contribution is 9.08. The van der Waals surface area contributed by atoms with Gasteiger partial charge in [0.1, 0.15) is 11.5 Å². The molecule has 0 saturated heterocycles. The fraction of sp³-hybridized carbons (Fsp3) is 0.0952. The molecule has 6 aromatic rings. The van der Waals surface area contributed by atoms with Crippen LogP contribution in [0.2, 0.25) is 10.0 Å². The summed E-state index contributed by atoms with van der Waals surface area (Å²) in [5.41, 5.74) is 11.1. The number of carbonyl (C=O) groups excluding carboxylic acids is 2. The number of anilines is 4. The number of nitrogens with zero attached hydrogens (tertiary/aromatic N) is 2. The summed E-state index contributed by atoms with van der Waals surface area (Å²) >= 11 is 14.9. The van der Waals surface area contributed by atoms with Crippen LogP contribution in [0, 0.1) is 0 Å². The minimum atomic E-state index is -0.439. The molecular weight excluding hydrogens is 775 g/mol. The monoisotopic (exact) mass is 812 g/mol. The summed E-state index contributed by atoms with van der Waals surface area (Å²) in [5.74, 6) is 1.04. The van der Waals surface area contributed by atoms with E-state index in [1.807, 2.05) is 109 Å². The number of hydrogen-bond acceptors (Lipinski definition) is 6. The number of para-hydroxylation sites is 2. The van der Waals surface area contributed by atoms with E-state index in [9.17, 15) is 9.59 Å². The van der Waals surface area contributed by atoms with Crippen molar-refractivity contribution in [1.82, 2.24) is 0 Å². The van der Waals surface area contributed by atoms with Crippen LogP contribution in [-0.2, 0) is 11.9 Å². The smallest absolute Gasteiger partial charge is 0.410 e. The van der Waals surface area contributed by atoms with E-state index in [0.29, 0.717) is 23.7 Å². The summed E-state index contributed by atoms with van der Waals surface area (Å²) < 4.78 is 10.6. The van der Waals surface area contributed by atoms with Crippen LogP contribution in [0.15, 0.2) is 158 Å². The van der Waals surface area contributed by atoms with Crippen LogP contribution in [-0.4, -0.2) is 26.3 Å². The third-order valence-electron chi connectivity index (χ3n) is 7.46. The lowest BCUT2D eigenvalue weighted by atomic mass is 10.2. The van der Waals surface area contributed by atoms with E-state index in [2.05, 4.69) is 21.2 Å². The minimum Gasteiger partial charge on any atom is -0.410 e. The van der Waals surface area contributed by atoms with Gasteiger partial charge in [0.15, 0.2) is 0 Å². The van der Waals surface area contributed by atoms with E-state index in [1.54, 1.807) is 62.6 Å². The molecule has 11 heteroatoms. The third kappa shape index (κ3) is 13.9. The molecule has 0 spiro atoms. The summed E-state index contributed by atoms with van der Waals surface area (Å²) in [4.78, 5) is 27.0. The number of carbonyl (C=O) groups is 2. The first-order valence-corrected chi connectivity index (χ1v) is 18.2. The summed E-state index contributed by atoms with van der Waals surface area (Å²) in [5, 5.41) is 5.75. The van der Waals surface area contributed by atoms with Crippen molar-refractivity contribution >= 4 is 74.1 Å². The number of nitrogen functional groups attached to an aromatic ring is 1. The zero-order chi connectivity index (χ0) is 38.0. The SMILES string of the molecule is CN(C(=O)Oc1ccccc1)c1ccc(N)cc1.CN(C(=O)Oc1ccccc1)c1ccc(NCc2ccc(Cl)cc2)cc1.Clc1ccc(CBr)cc1. The molecule has 0 heterocycles. The second kappa shape index (κ2) is 21.1. The molecule has 0 aromatic heterocycles. The summed E-state index contributed by atoms with van der Waals surface area (Å²) in [6.45, 7) is 0.697. The lowest BCUT2D eigenvalue weighted by molar-refractivity contribution is 0.208. The second-order valence-corrected chi connectivity index (χ2v) is 12.8. The van der Waals surface area contributed by atoms with Crippen LogP contribution in [0.3, 0.4) is 0 Å². The number of ether oxygens (including phenoxy) is 2. The normalized spacial score (nSPS) is 9.98. The zero-order valence-corrected chi connectivity index (χ0v) is 32.3. The lowest BCUT2D eigenvalue weighted by Gasteiger charge is -2.17. The first-order valence-electron chi connectivity index (χ1n) is 16.4. The van der Waals surface area contributed by atoms with Crippen LogP contribution in [0.25, 0.3) is 0 Å². The number of alkyl halides is 1. The lowest BCUT2D eigenvalue weighted by Crippen LogP contribution is -2.29. The maximum atomic E-state index is 12.2.